The van der Waals surface area contributed by atoms with E-state index in [1.165, 1.54) is 18.2 Å². The van der Waals surface area contributed by atoms with Gasteiger partial charge in [0.25, 0.3) is 11.6 Å². The molecule has 0 aliphatic heterocycles. The number of benzene rings is 3. The molecule has 0 bridgehead atoms. The van der Waals surface area contributed by atoms with Crippen LogP contribution >= 0.6 is 22.6 Å². The normalized spacial score (nSPS) is 10.9. The zero-order chi connectivity index (χ0) is 26.2. The zero-order valence-electron chi connectivity index (χ0n) is 20.0. The summed E-state index contributed by atoms with van der Waals surface area (Å²) in [6.45, 7) is 6.33. The molecule has 0 unspecified atom stereocenters. The molecule has 0 spiro atoms. The lowest BCUT2D eigenvalue weighted by atomic mass is 10.1. The first-order chi connectivity index (χ1) is 17.2. The second kappa shape index (κ2) is 12.2. The van der Waals surface area contributed by atoms with Crippen molar-refractivity contribution in [2.45, 2.75) is 27.4 Å². The van der Waals surface area contributed by atoms with Gasteiger partial charge in [-0.05, 0) is 89.9 Å². The minimum absolute atomic E-state index is 0.0151. The van der Waals surface area contributed by atoms with E-state index in [-0.39, 0.29) is 16.9 Å². The van der Waals surface area contributed by atoms with E-state index in [1.807, 2.05) is 44.2 Å². The number of hydrogen-bond acceptors (Lipinski definition) is 6. The summed E-state index contributed by atoms with van der Waals surface area (Å²) in [5.74, 6) is 0.296. The van der Waals surface area contributed by atoms with E-state index in [2.05, 4.69) is 27.9 Å². The molecule has 3 rings (SSSR count). The van der Waals surface area contributed by atoms with Gasteiger partial charge in [0, 0.05) is 6.07 Å². The van der Waals surface area contributed by atoms with Crippen molar-refractivity contribution in [3.63, 3.8) is 0 Å². The van der Waals surface area contributed by atoms with E-state index in [0.717, 1.165) is 14.7 Å². The Balaban J connectivity index is 1.89. The highest BCUT2D eigenvalue weighted by Crippen LogP contribution is 2.36. The van der Waals surface area contributed by atoms with Gasteiger partial charge < -0.3 is 14.8 Å². The lowest BCUT2D eigenvalue weighted by Crippen LogP contribution is -2.14. The van der Waals surface area contributed by atoms with Gasteiger partial charge in [0.2, 0.25) is 0 Å². The van der Waals surface area contributed by atoms with Gasteiger partial charge in [0.05, 0.1) is 15.1 Å². The van der Waals surface area contributed by atoms with Gasteiger partial charge in [-0.3, -0.25) is 14.9 Å². The van der Waals surface area contributed by atoms with Crippen molar-refractivity contribution < 1.29 is 19.2 Å². The van der Waals surface area contributed by atoms with Crippen molar-refractivity contribution in [2.75, 3.05) is 11.9 Å². The SMILES string of the molecule is CCOc1cc(/C=C(\C#N)C(=O)Nc2ccc(C)cc2[N+](=O)[O-])cc(I)c1OCc1ccccc1C. The van der Waals surface area contributed by atoms with Gasteiger partial charge in [-0.15, -0.1) is 0 Å². The molecular formula is C27H24IN3O5. The fourth-order valence-corrected chi connectivity index (χ4v) is 4.18. The highest BCUT2D eigenvalue weighted by atomic mass is 127. The van der Waals surface area contributed by atoms with Crippen molar-refractivity contribution in [2.24, 2.45) is 0 Å². The predicted molar refractivity (Wildman–Crippen MR) is 146 cm³/mol. The molecule has 0 radical (unpaired) electrons. The average Bonchev–Trinajstić information content (AvgIpc) is 2.84. The second-order valence-corrected chi connectivity index (χ2v) is 9.04. The first kappa shape index (κ1) is 26.7. The van der Waals surface area contributed by atoms with Gasteiger partial charge in [-0.1, -0.05) is 30.3 Å². The number of carbonyl (C=O) groups is 1. The maximum atomic E-state index is 12.8. The summed E-state index contributed by atoms with van der Waals surface area (Å²) < 4.78 is 12.6. The summed E-state index contributed by atoms with van der Waals surface area (Å²) in [7, 11) is 0. The number of halogens is 1. The van der Waals surface area contributed by atoms with Gasteiger partial charge in [-0.25, -0.2) is 0 Å². The first-order valence-corrected chi connectivity index (χ1v) is 12.1. The third kappa shape index (κ3) is 6.60. The van der Waals surface area contributed by atoms with Crippen LogP contribution in [0.1, 0.15) is 29.2 Å². The van der Waals surface area contributed by atoms with Gasteiger partial charge in [-0.2, -0.15) is 5.26 Å². The molecule has 1 N–H and O–H groups in total. The van der Waals surface area contributed by atoms with Crippen LogP contribution in [0, 0.1) is 38.9 Å². The number of nitro groups is 1. The van der Waals surface area contributed by atoms with Crippen molar-refractivity contribution in [1.82, 2.24) is 0 Å². The summed E-state index contributed by atoms with van der Waals surface area (Å²) in [6.07, 6.45) is 1.41. The number of amides is 1. The number of hydrogen-bond donors (Lipinski definition) is 1. The minimum Gasteiger partial charge on any atom is -0.490 e. The largest absolute Gasteiger partial charge is 0.490 e. The topological polar surface area (TPSA) is 114 Å². The summed E-state index contributed by atoms with van der Waals surface area (Å²) in [6, 6.07) is 17.7. The zero-order valence-corrected chi connectivity index (χ0v) is 22.2. The minimum atomic E-state index is -0.752. The Morgan fingerprint density at radius 3 is 2.58 bits per heavy atom. The molecule has 0 atom stereocenters. The Hall–Kier alpha value is -3.91. The number of ether oxygens (including phenoxy) is 2. The van der Waals surface area contributed by atoms with Crippen molar-refractivity contribution in [3.8, 4) is 17.6 Å². The van der Waals surface area contributed by atoms with Gasteiger partial charge in [0.1, 0.15) is 23.9 Å². The first-order valence-electron chi connectivity index (χ1n) is 11.0. The number of nitrogens with zero attached hydrogens (tertiary/aromatic N) is 2. The molecule has 0 saturated carbocycles. The molecule has 0 saturated heterocycles. The molecule has 0 heterocycles. The number of nitro benzene ring substituents is 1. The molecule has 0 aliphatic carbocycles. The quantitative estimate of drug-likeness (QED) is 0.101. The monoisotopic (exact) mass is 597 g/mol. The van der Waals surface area contributed by atoms with E-state index in [1.54, 1.807) is 25.1 Å². The van der Waals surface area contributed by atoms with Crippen LogP contribution in [-0.4, -0.2) is 17.4 Å². The van der Waals surface area contributed by atoms with E-state index >= 15 is 0 Å². The number of nitrogens with one attached hydrogen (secondary N) is 1. The summed E-state index contributed by atoms with van der Waals surface area (Å²) in [5, 5.41) is 23.5. The number of aryl methyl sites for hydroxylation is 2. The van der Waals surface area contributed by atoms with Crippen LogP contribution in [0.5, 0.6) is 11.5 Å². The highest BCUT2D eigenvalue weighted by molar-refractivity contribution is 14.1. The Bertz CT molecular complexity index is 1380. The summed E-state index contributed by atoms with van der Waals surface area (Å²) in [5.41, 5.74) is 2.95. The smallest absolute Gasteiger partial charge is 0.293 e. The Kier molecular flexibility index (Phi) is 9.02. The maximum Gasteiger partial charge on any atom is 0.293 e. The van der Waals surface area contributed by atoms with Crippen LogP contribution in [0.25, 0.3) is 6.08 Å². The highest BCUT2D eigenvalue weighted by Gasteiger charge is 2.19. The molecule has 0 fully saturated rings. The number of carbonyl (C=O) groups excluding carboxylic acids is 1. The van der Waals surface area contributed by atoms with Gasteiger partial charge in [0.15, 0.2) is 11.5 Å². The van der Waals surface area contributed by atoms with Crippen LogP contribution in [0.4, 0.5) is 11.4 Å². The van der Waals surface area contributed by atoms with Gasteiger partial charge >= 0.3 is 0 Å². The van der Waals surface area contributed by atoms with E-state index in [4.69, 9.17) is 9.47 Å². The lowest BCUT2D eigenvalue weighted by molar-refractivity contribution is -0.384. The van der Waals surface area contributed by atoms with Crippen molar-refractivity contribution >= 4 is 45.9 Å². The number of rotatable bonds is 9. The summed E-state index contributed by atoms with van der Waals surface area (Å²) in [4.78, 5) is 23.6. The van der Waals surface area contributed by atoms with Crippen LogP contribution in [-0.2, 0) is 11.4 Å². The molecule has 9 heteroatoms. The van der Waals surface area contributed by atoms with Crippen LogP contribution in [0.15, 0.2) is 60.2 Å². The number of anilines is 1. The molecule has 36 heavy (non-hydrogen) atoms. The molecule has 3 aromatic rings. The average molecular weight is 597 g/mol. The molecule has 1 amide bonds. The maximum absolute atomic E-state index is 12.8. The second-order valence-electron chi connectivity index (χ2n) is 7.88. The Morgan fingerprint density at radius 1 is 1.17 bits per heavy atom. The Labute approximate surface area is 222 Å². The van der Waals surface area contributed by atoms with E-state index in [9.17, 15) is 20.2 Å². The standard InChI is InChI=1S/C27H24IN3O5/c1-4-35-25-14-19(13-22(28)26(25)36-16-20-8-6-5-7-18(20)3)12-21(15-29)27(32)30-23-10-9-17(2)11-24(23)31(33)34/h5-14H,4,16H2,1-3H3,(H,30,32)/b21-12+. The molecule has 0 aromatic heterocycles. The van der Waals surface area contributed by atoms with Crippen LogP contribution < -0.4 is 14.8 Å². The number of nitriles is 1. The molecule has 8 nitrogen and oxygen atoms in total. The molecule has 3 aromatic carbocycles. The molecular weight excluding hydrogens is 573 g/mol. The fraction of sp³-hybridized carbons (Fsp3) is 0.185. The fourth-order valence-electron chi connectivity index (χ4n) is 3.40. The van der Waals surface area contributed by atoms with E-state index < -0.39 is 10.8 Å². The van der Waals surface area contributed by atoms with Crippen molar-refractivity contribution in [1.29, 1.82) is 5.26 Å². The Morgan fingerprint density at radius 2 is 1.92 bits per heavy atom. The lowest BCUT2D eigenvalue weighted by Gasteiger charge is -2.16. The van der Waals surface area contributed by atoms with Crippen LogP contribution in [0.3, 0.4) is 0 Å². The van der Waals surface area contributed by atoms with E-state index in [0.29, 0.717) is 35.8 Å². The third-order valence-corrected chi connectivity index (χ3v) is 6.04. The predicted octanol–water partition coefficient (Wildman–Crippen LogP) is 6.34. The molecule has 184 valence electrons. The van der Waals surface area contributed by atoms with Crippen molar-refractivity contribution in [3.05, 3.63) is 96.1 Å². The van der Waals surface area contributed by atoms with Crippen LogP contribution in [0.2, 0.25) is 0 Å². The summed E-state index contributed by atoms with van der Waals surface area (Å²) >= 11 is 2.12. The third-order valence-electron chi connectivity index (χ3n) is 5.24. The molecule has 0 aliphatic rings.